The van der Waals surface area contributed by atoms with E-state index in [4.69, 9.17) is 4.74 Å². The summed E-state index contributed by atoms with van der Waals surface area (Å²) < 4.78 is 5.00. The normalized spacial score (nSPS) is 10.6. The SMILES string of the molecule is CCOC(=O)Nc1cc(-c2cccc3ccccc23)c2nc(C#N)ccc2c1. The molecule has 5 nitrogen and oxygen atoms in total. The molecule has 0 saturated heterocycles. The molecule has 3 aromatic carbocycles. The fourth-order valence-corrected chi connectivity index (χ4v) is 3.32. The Bertz CT molecular complexity index is 1240. The molecule has 4 aromatic rings. The van der Waals surface area contributed by atoms with Crippen molar-refractivity contribution < 1.29 is 9.53 Å². The zero-order valence-corrected chi connectivity index (χ0v) is 15.3. The second-order valence-electron chi connectivity index (χ2n) is 6.28. The largest absolute Gasteiger partial charge is 0.450 e. The lowest BCUT2D eigenvalue weighted by Gasteiger charge is -2.13. The number of aromatic nitrogens is 1. The second-order valence-corrected chi connectivity index (χ2v) is 6.28. The van der Waals surface area contributed by atoms with Gasteiger partial charge in [0.15, 0.2) is 0 Å². The molecule has 1 heterocycles. The average Bonchev–Trinajstić information content (AvgIpc) is 2.72. The molecule has 0 fully saturated rings. The molecule has 0 aliphatic carbocycles. The standard InChI is InChI=1S/C23H17N3O2/c1-2-28-23(27)26-18-12-16-10-11-17(14-24)25-22(16)21(13-18)20-9-5-7-15-6-3-4-8-19(15)20/h3-13H,2H2,1H3,(H,26,27). The molecule has 0 aliphatic heterocycles. The molecule has 1 N–H and O–H groups in total. The molecule has 4 rings (SSSR count). The smallest absolute Gasteiger partial charge is 0.411 e. The van der Waals surface area contributed by atoms with Crippen LogP contribution in [-0.2, 0) is 4.74 Å². The number of fused-ring (bicyclic) bond motifs is 2. The maximum Gasteiger partial charge on any atom is 0.411 e. The van der Waals surface area contributed by atoms with Crippen molar-refractivity contribution >= 4 is 33.5 Å². The van der Waals surface area contributed by atoms with E-state index in [1.165, 1.54) is 0 Å². The van der Waals surface area contributed by atoms with Crippen LogP contribution in [0.5, 0.6) is 0 Å². The molecule has 1 aromatic heterocycles. The van der Waals surface area contributed by atoms with Crippen LogP contribution in [0, 0.1) is 11.3 Å². The number of hydrogen-bond donors (Lipinski definition) is 1. The van der Waals surface area contributed by atoms with Crippen LogP contribution in [0.1, 0.15) is 12.6 Å². The van der Waals surface area contributed by atoms with E-state index in [1.807, 2.05) is 42.5 Å². The van der Waals surface area contributed by atoms with E-state index in [1.54, 1.807) is 13.0 Å². The van der Waals surface area contributed by atoms with Gasteiger partial charge >= 0.3 is 6.09 Å². The van der Waals surface area contributed by atoms with Crippen LogP contribution in [0.4, 0.5) is 10.5 Å². The van der Waals surface area contributed by atoms with E-state index in [0.717, 1.165) is 27.3 Å². The topological polar surface area (TPSA) is 75.0 Å². The first-order chi connectivity index (χ1) is 13.7. The molecule has 0 spiro atoms. The number of hydrogen-bond acceptors (Lipinski definition) is 4. The summed E-state index contributed by atoms with van der Waals surface area (Å²) >= 11 is 0. The molecule has 0 radical (unpaired) electrons. The Morgan fingerprint density at radius 2 is 1.86 bits per heavy atom. The Labute approximate surface area is 162 Å². The Hall–Kier alpha value is -3.91. The van der Waals surface area contributed by atoms with Gasteiger partial charge in [-0.1, -0.05) is 42.5 Å². The number of carbonyl (C=O) groups excluding carboxylic acids is 1. The number of ether oxygens (including phenoxy) is 1. The number of benzene rings is 3. The number of pyridine rings is 1. The van der Waals surface area contributed by atoms with Crippen LogP contribution in [0.2, 0.25) is 0 Å². The number of nitriles is 1. The molecule has 0 saturated carbocycles. The summed E-state index contributed by atoms with van der Waals surface area (Å²) in [6.07, 6.45) is -0.507. The maximum atomic E-state index is 11.9. The van der Waals surface area contributed by atoms with Crippen molar-refractivity contribution in [2.45, 2.75) is 6.92 Å². The van der Waals surface area contributed by atoms with Gasteiger partial charge in [0.05, 0.1) is 12.1 Å². The summed E-state index contributed by atoms with van der Waals surface area (Å²) in [6.45, 7) is 2.05. The molecule has 0 unspecified atom stereocenters. The van der Waals surface area contributed by atoms with Crippen molar-refractivity contribution in [3.8, 4) is 17.2 Å². The fourth-order valence-electron chi connectivity index (χ4n) is 3.32. The number of rotatable bonds is 3. The Kier molecular flexibility index (Phi) is 4.61. The van der Waals surface area contributed by atoms with Crippen molar-refractivity contribution in [2.24, 2.45) is 0 Å². The molecule has 0 atom stereocenters. The zero-order chi connectivity index (χ0) is 19.5. The summed E-state index contributed by atoms with van der Waals surface area (Å²) in [5.41, 5.74) is 3.50. The quantitative estimate of drug-likeness (QED) is 0.519. The molecule has 136 valence electrons. The van der Waals surface area contributed by atoms with Gasteiger partial charge in [-0.25, -0.2) is 9.78 Å². The van der Waals surface area contributed by atoms with Crippen molar-refractivity contribution in [1.29, 1.82) is 5.26 Å². The minimum Gasteiger partial charge on any atom is -0.450 e. The number of carbonyl (C=O) groups is 1. The third-order valence-electron chi connectivity index (χ3n) is 4.51. The number of amides is 1. The van der Waals surface area contributed by atoms with Gasteiger partial charge in [0, 0.05) is 16.6 Å². The highest BCUT2D eigenvalue weighted by atomic mass is 16.5. The first-order valence-corrected chi connectivity index (χ1v) is 8.96. The number of nitrogens with one attached hydrogen (secondary N) is 1. The molecule has 0 aliphatic rings. The average molecular weight is 367 g/mol. The van der Waals surface area contributed by atoms with Crippen LogP contribution >= 0.6 is 0 Å². The third-order valence-corrected chi connectivity index (χ3v) is 4.51. The lowest BCUT2D eigenvalue weighted by atomic mass is 9.95. The monoisotopic (exact) mass is 367 g/mol. The van der Waals surface area contributed by atoms with Gasteiger partial charge in [-0.05, 0) is 47.5 Å². The summed E-state index contributed by atoms with van der Waals surface area (Å²) in [7, 11) is 0. The lowest BCUT2D eigenvalue weighted by Crippen LogP contribution is -2.13. The zero-order valence-electron chi connectivity index (χ0n) is 15.3. The van der Waals surface area contributed by atoms with E-state index >= 15 is 0 Å². The Morgan fingerprint density at radius 3 is 2.68 bits per heavy atom. The highest BCUT2D eigenvalue weighted by Crippen LogP contribution is 2.35. The molecule has 1 amide bonds. The van der Waals surface area contributed by atoms with Crippen LogP contribution in [0.15, 0.2) is 66.7 Å². The van der Waals surface area contributed by atoms with Crippen molar-refractivity contribution in [2.75, 3.05) is 11.9 Å². The lowest BCUT2D eigenvalue weighted by molar-refractivity contribution is 0.168. The number of nitrogens with zero attached hydrogens (tertiary/aromatic N) is 2. The summed E-state index contributed by atoms with van der Waals surface area (Å²) in [5, 5.41) is 15.1. The predicted octanol–water partition coefficient (Wildman–Crippen LogP) is 5.50. The molecule has 5 heteroatoms. The van der Waals surface area contributed by atoms with E-state index in [-0.39, 0.29) is 0 Å². The highest BCUT2D eigenvalue weighted by molar-refractivity contribution is 6.06. The minimum absolute atomic E-state index is 0.294. The van der Waals surface area contributed by atoms with Crippen molar-refractivity contribution in [3.63, 3.8) is 0 Å². The van der Waals surface area contributed by atoms with Gasteiger partial charge in [-0.15, -0.1) is 0 Å². The molecular weight excluding hydrogens is 350 g/mol. The van der Waals surface area contributed by atoms with Crippen molar-refractivity contribution in [1.82, 2.24) is 4.98 Å². The highest BCUT2D eigenvalue weighted by Gasteiger charge is 2.13. The minimum atomic E-state index is -0.507. The van der Waals surface area contributed by atoms with Crippen LogP contribution in [0.25, 0.3) is 32.8 Å². The predicted molar refractivity (Wildman–Crippen MR) is 110 cm³/mol. The van der Waals surface area contributed by atoms with Gasteiger partial charge < -0.3 is 4.74 Å². The van der Waals surface area contributed by atoms with E-state index in [9.17, 15) is 10.1 Å². The van der Waals surface area contributed by atoms with Gasteiger partial charge in [-0.3, -0.25) is 5.32 Å². The van der Waals surface area contributed by atoms with Gasteiger partial charge in [0.25, 0.3) is 0 Å². The first-order valence-electron chi connectivity index (χ1n) is 8.96. The Morgan fingerprint density at radius 1 is 1.04 bits per heavy atom. The van der Waals surface area contributed by atoms with E-state index in [2.05, 4.69) is 34.6 Å². The van der Waals surface area contributed by atoms with Crippen molar-refractivity contribution in [3.05, 3.63) is 72.4 Å². The van der Waals surface area contributed by atoms with Crippen LogP contribution in [0.3, 0.4) is 0 Å². The molecule has 0 bridgehead atoms. The summed E-state index contributed by atoms with van der Waals surface area (Å²) in [4.78, 5) is 16.4. The van der Waals surface area contributed by atoms with Gasteiger partial charge in [0.2, 0.25) is 0 Å². The molecular formula is C23H17N3O2. The molecule has 28 heavy (non-hydrogen) atoms. The van der Waals surface area contributed by atoms with E-state index in [0.29, 0.717) is 23.5 Å². The van der Waals surface area contributed by atoms with Crippen LogP contribution < -0.4 is 5.32 Å². The first kappa shape index (κ1) is 17.5. The fraction of sp³-hybridized carbons (Fsp3) is 0.0870. The van der Waals surface area contributed by atoms with Crippen LogP contribution in [-0.4, -0.2) is 17.7 Å². The van der Waals surface area contributed by atoms with Gasteiger partial charge in [0.1, 0.15) is 11.8 Å². The summed E-state index contributed by atoms with van der Waals surface area (Å²) in [5.74, 6) is 0. The number of anilines is 1. The maximum absolute atomic E-state index is 11.9. The third kappa shape index (κ3) is 3.24. The van der Waals surface area contributed by atoms with E-state index < -0.39 is 6.09 Å². The Balaban J connectivity index is 1.98. The summed E-state index contributed by atoms with van der Waals surface area (Å²) in [6, 6.07) is 23.5. The second kappa shape index (κ2) is 7.37. The van der Waals surface area contributed by atoms with Gasteiger partial charge in [-0.2, -0.15) is 5.26 Å².